The monoisotopic (exact) mass is 265 g/mol. The van der Waals surface area contributed by atoms with E-state index in [9.17, 15) is 0 Å². The van der Waals surface area contributed by atoms with Gasteiger partial charge in [0.25, 0.3) is 0 Å². The third kappa shape index (κ3) is 3.42. The Hall–Kier alpha value is -0.210. The summed E-state index contributed by atoms with van der Waals surface area (Å²) in [5.41, 5.74) is 2.90. The average molecular weight is 265 g/mol. The molecule has 0 aromatic heterocycles. The predicted octanol–water partition coefficient (Wildman–Crippen LogP) is 4.47. The molecule has 102 valence electrons. The van der Waals surface area contributed by atoms with Crippen molar-refractivity contribution < 1.29 is 0 Å². The first-order valence-electron chi connectivity index (χ1n) is 7.37. The SMILES string of the molecule is C=C(C)C1=C(SC)CCCC1CN1CCCCC1. The van der Waals surface area contributed by atoms with E-state index in [4.69, 9.17) is 0 Å². The molecule has 2 heteroatoms. The molecule has 1 atom stereocenters. The molecule has 0 aromatic rings. The van der Waals surface area contributed by atoms with Crippen LogP contribution in [0.3, 0.4) is 0 Å². The molecule has 0 aromatic carbocycles. The van der Waals surface area contributed by atoms with Crippen molar-refractivity contribution in [1.82, 2.24) is 4.90 Å². The Labute approximate surface area is 117 Å². The van der Waals surface area contributed by atoms with Gasteiger partial charge in [-0.3, -0.25) is 0 Å². The fourth-order valence-electron chi connectivity index (χ4n) is 3.45. The van der Waals surface area contributed by atoms with E-state index < -0.39 is 0 Å². The molecule has 1 nitrogen and oxygen atoms in total. The van der Waals surface area contributed by atoms with Crippen molar-refractivity contribution in [3.63, 3.8) is 0 Å². The van der Waals surface area contributed by atoms with Crippen molar-refractivity contribution in [2.45, 2.75) is 45.4 Å². The van der Waals surface area contributed by atoms with E-state index in [2.05, 4.69) is 24.7 Å². The van der Waals surface area contributed by atoms with Crippen LogP contribution in [0.4, 0.5) is 0 Å². The van der Waals surface area contributed by atoms with Gasteiger partial charge in [0.2, 0.25) is 0 Å². The highest BCUT2D eigenvalue weighted by Crippen LogP contribution is 2.39. The summed E-state index contributed by atoms with van der Waals surface area (Å²) in [7, 11) is 0. The molecule has 0 radical (unpaired) electrons. The van der Waals surface area contributed by atoms with Gasteiger partial charge in [0.15, 0.2) is 0 Å². The summed E-state index contributed by atoms with van der Waals surface area (Å²) in [6, 6.07) is 0. The fraction of sp³-hybridized carbons (Fsp3) is 0.750. The molecule has 2 aliphatic rings. The van der Waals surface area contributed by atoms with Gasteiger partial charge in [-0.25, -0.2) is 0 Å². The third-order valence-corrected chi connectivity index (χ3v) is 5.22. The van der Waals surface area contributed by atoms with E-state index in [-0.39, 0.29) is 0 Å². The van der Waals surface area contributed by atoms with Crippen molar-refractivity contribution in [1.29, 1.82) is 0 Å². The second-order valence-corrected chi connectivity index (χ2v) is 6.67. The lowest BCUT2D eigenvalue weighted by atomic mass is 9.83. The number of rotatable bonds is 4. The largest absolute Gasteiger partial charge is 0.303 e. The lowest BCUT2D eigenvalue weighted by Crippen LogP contribution is -2.35. The molecule has 1 aliphatic carbocycles. The summed E-state index contributed by atoms with van der Waals surface area (Å²) in [6.45, 7) is 10.3. The molecule has 18 heavy (non-hydrogen) atoms. The molecule has 0 saturated carbocycles. The zero-order valence-corrected chi connectivity index (χ0v) is 12.8. The summed E-state index contributed by atoms with van der Waals surface area (Å²) in [6.07, 6.45) is 10.5. The Morgan fingerprint density at radius 1 is 1.28 bits per heavy atom. The first-order chi connectivity index (χ1) is 8.72. The molecular formula is C16H27NS. The molecule has 0 amide bonds. The van der Waals surface area contributed by atoms with Crippen LogP contribution < -0.4 is 0 Å². The second-order valence-electron chi connectivity index (χ2n) is 5.77. The van der Waals surface area contributed by atoms with Crippen molar-refractivity contribution >= 4 is 11.8 Å². The molecule has 0 N–H and O–H groups in total. The number of allylic oxidation sites excluding steroid dienone is 2. The summed E-state index contributed by atoms with van der Waals surface area (Å²) in [5.74, 6) is 0.747. The standard InChI is InChI=1S/C16H27NS/c1-13(2)16-14(8-7-9-15(16)18-3)12-17-10-5-4-6-11-17/h14H,1,4-12H2,2-3H3. The Kier molecular flexibility index (Phi) is 5.38. The number of hydrogen-bond acceptors (Lipinski definition) is 2. The maximum Gasteiger partial charge on any atom is 0.00507 e. The molecule has 1 aliphatic heterocycles. The smallest absolute Gasteiger partial charge is 0.00507 e. The van der Waals surface area contributed by atoms with E-state index >= 15 is 0 Å². The maximum atomic E-state index is 4.23. The quantitative estimate of drug-likeness (QED) is 0.738. The molecule has 1 unspecified atom stereocenters. The summed E-state index contributed by atoms with van der Waals surface area (Å²) in [5, 5.41) is 0. The predicted molar refractivity (Wildman–Crippen MR) is 83.0 cm³/mol. The van der Waals surface area contributed by atoms with Crippen molar-refractivity contribution in [3.8, 4) is 0 Å². The Bertz CT molecular complexity index is 326. The molecular weight excluding hydrogens is 238 g/mol. The molecule has 1 saturated heterocycles. The number of nitrogens with zero attached hydrogens (tertiary/aromatic N) is 1. The number of hydrogen-bond donors (Lipinski definition) is 0. The van der Waals surface area contributed by atoms with Crippen LogP contribution in [-0.2, 0) is 0 Å². The number of likely N-dealkylation sites (tertiary alicyclic amines) is 1. The number of piperidine rings is 1. The van der Waals surface area contributed by atoms with E-state index in [0.29, 0.717) is 0 Å². The minimum Gasteiger partial charge on any atom is -0.303 e. The number of thioether (sulfide) groups is 1. The first kappa shape index (κ1) is 14.2. The van der Waals surface area contributed by atoms with Crippen molar-refractivity contribution in [3.05, 3.63) is 22.6 Å². The summed E-state index contributed by atoms with van der Waals surface area (Å²) in [4.78, 5) is 4.29. The van der Waals surface area contributed by atoms with E-state index in [1.54, 1.807) is 10.5 Å². The first-order valence-corrected chi connectivity index (χ1v) is 8.60. The Balaban J connectivity index is 2.07. The Morgan fingerprint density at radius 2 is 2.00 bits per heavy atom. The van der Waals surface area contributed by atoms with Gasteiger partial charge in [0.1, 0.15) is 0 Å². The minimum atomic E-state index is 0.747. The van der Waals surface area contributed by atoms with Crippen LogP contribution in [0, 0.1) is 5.92 Å². The highest BCUT2D eigenvalue weighted by molar-refractivity contribution is 8.02. The van der Waals surface area contributed by atoms with Gasteiger partial charge in [-0.05, 0) is 74.8 Å². The van der Waals surface area contributed by atoms with Crippen LogP contribution in [0.15, 0.2) is 22.6 Å². The van der Waals surface area contributed by atoms with Crippen LogP contribution in [0.2, 0.25) is 0 Å². The van der Waals surface area contributed by atoms with Crippen LogP contribution in [-0.4, -0.2) is 30.8 Å². The van der Waals surface area contributed by atoms with E-state index in [1.165, 1.54) is 63.7 Å². The summed E-state index contributed by atoms with van der Waals surface area (Å²) >= 11 is 1.95. The van der Waals surface area contributed by atoms with Crippen LogP contribution in [0.25, 0.3) is 0 Å². The zero-order chi connectivity index (χ0) is 13.0. The zero-order valence-electron chi connectivity index (χ0n) is 12.0. The van der Waals surface area contributed by atoms with Gasteiger partial charge < -0.3 is 4.90 Å². The van der Waals surface area contributed by atoms with Gasteiger partial charge >= 0.3 is 0 Å². The highest BCUT2D eigenvalue weighted by atomic mass is 32.2. The van der Waals surface area contributed by atoms with Gasteiger partial charge in [0, 0.05) is 6.54 Å². The van der Waals surface area contributed by atoms with Crippen LogP contribution in [0.5, 0.6) is 0 Å². The molecule has 1 fully saturated rings. The van der Waals surface area contributed by atoms with E-state index in [0.717, 1.165) is 5.92 Å². The lowest BCUT2D eigenvalue weighted by molar-refractivity contribution is 0.199. The molecule has 2 rings (SSSR count). The van der Waals surface area contributed by atoms with Gasteiger partial charge in [-0.2, -0.15) is 0 Å². The van der Waals surface area contributed by atoms with Gasteiger partial charge in [0.05, 0.1) is 0 Å². The minimum absolute atomic E-state index is 0.747. The third-order valence-electron chi connectivity index (χ3n) is 4.30. The molecule has 1 heterocycles. The average Bonchev–Trinajstić information content (AvgIpc) is 2.39. The molecule has 0 bridgehead atoms. The molecule has 0 spiro atoms. The maximum absolute atomic E-state index is 4.23. The fourth-order valence-corrected chi connectivity index (χ4v) is 4.36. The van der Waals surface area contributed by atoms with Crippen molar-refractivity contribution in [2.24, 2.45) is 5.92 Å². The summed E-state index contributed by atoms with van der Waals surface area (Å²) < 4.78 is 0. The van der Waals surface area contributed by atoms with Crippen LogP contribution >= 0.6 is 11.8 Å². The van der Waals surface area contributed by atoms with Crippen LogP contribution in [0.1, 0.15) is 45.4 Å². The highest BCUT2D eigenvalue weighted by Gasteiger charge is 2.25. The van der Waals surface area contributed by atoms with Gasteiger partial charge in [-0.1, -0.05) is 18.6 Å². The second kappa shape index (κ2) is 6.81. The Morgan fingerprint density at radius 3 is 2.61 bits per heavy atom. The topological polar surface area (TPSA) is 3.24 Å². The van der Waals surface area contributed by atoms with Crippen molar-refractivity contribution in [2.75, 3.05) is 25.9 Å². The van der Waals surface area contributed by atoms with E-state index in [1.807, 2.05) is 11.8 Å². The van der Waals surface area contributed by atoms with Gasteiger partial charge in [-0.15, -0.1) is 11.8 Å². The normalized spacial score (nSPS) is 26.4. The lowest BCUT2D eigenvalue weighted by Gasteiger charge is -2.35.